The molecule has 1 aliphatic rings. The molecule has 1 aromatic rings. The molecule has 0 bridgehead atoms. The Balaban J connectivity index is 1.97. The maximum atomic E-state index is 12.8. The Labute approximate surface area is 162 Å². The Morgan fingerprint density at radius 3 is 2.42 bits per heavy atom. The van der Waals surface area contributed by atoms with Gasteiger partial charge in [-0.25, -0.2) is 8.42 Å². The van der Waals surface area contributed by atoms with Crippen molar-refractivity contribution in [1.82, 2.24) is 14.9 Å². The van der Waals surface area contributed by atoms with Gasteiger partial charge in [0.2, 0.25) is 21.8 Å². The zero-order chi connectivity index (χ0) is 19.3. The molecular weight excluding hydrogens is 422 g/mol. The molecular formula is C17H24BrN3O4S. The second kappa shape index (κ2) is 8.96. The number of halogens is 1. The summed E-state index contributed by atoms with van der Waals surface area (Å²) in [4.78, 5) is 24.1. The van der Waals surface area contributed by atoms with E-state index in [4.69, 9.17) is 0 Å². The molecule has 1 heterocycles. The van der Waals surface area contributed by atoms with E-state index in [2.05, 4.69) is 26.6 Å². The van der Waals surface area contributed by atoms with Crippen molar-refractivity contribution < 1.29 is 18.0 Å². The van der Waals surface area contributed by atoms with Crippen molar-refractivity contribution in [1.29, 1.82) is 0 Å². The van der Waals surface area contributed by atoms with Gasteiger partial charge in [-0.3, -0.25) is 9.59 Å². The van der Waals surface area contributed by atoms with Gasteiger partial charge in [0.15, 0.2) is 0 Å². The fraction of sp³-hybridized carbons (Fsp3) is 0.529. The molecule has 2 N–H and O–H groups in total. The van der Waals surface area contributed by atoms with E-state index >= 15 is 0 Å². The second-order valence-electron chi connectivity index (χ2n) is 6.46. The predicted molar refractivity (Wildman–Crippen MR) is 102 cm³/mol. The Hall–Kier alpha value is -1.45. The van der Waals surface area contributed by atoms with Gasteiger partial charge in [0.1, 0.15) is 6.04 Å². The van der Waals surface area contributed by atoms with E-state index < -0.39 is 16.1 Å². The van der Waals surface area contributed by atoms with Crippen LogP contribution in [0.3, 0.4) is 0 Å². The molecule has 2 rings (SSSR count). The molecule has 1 aliphatic heterocycles. The standard InChI is InChI=1S/C17H24BrN3O4S/c1-12(2)16(22)19-9-10-20-17(23)15-4-3-11-21(15)26(24,25)14-7-5-13(18)6-8-14/h5-8,12,15H,3-4,9-11H2,1-2H3,(H,19,22)(H,20,23)/t15-/m1/s1. The largest absolute Gasteiger partial charge is 0.354 e. The smallest absolute Gasteiger partial charge is 0.243 e. The highest BCUT2D eigenvalue weighted by molar-refractivity contribution is 9.10. The van der Waals surface area contributed by atoms with Crippen molar-refractivity contribution in [2.24, 2.45) is 5.92 Å². The van der Waals surface area contributed by atoms with Crippen molar-refractivity contribution in [3.05, 3.63) is 28.7 Å². The maximum Gasteiger partial charge on any atom is 0.243 e. The van der Waals surface area contributed by atoms with Gasteiger partial charge in [0.25, 0.3) is 0 Å². The number of rotatable bonds is 7. The van der Waals surface area contributed by atoms with Crippen LogP contribution in [-0.4, -0.2) is 50.2 Å². The highest BCUT2D eigenvalue weighted by atomic mass is 79.9. The van der Waals surface area contributed by atoms with E-state index in [1.165, 1.54) is 16.4 Å². The monoisotopic (exact) mass is 445 g/mol. The first-order valence-electron chi connectivity index (χ1n) is 8.56. The number of carbonyl (C=O) groups is 2. The van der Waals surface area contributed by atoms with Gasteiger partial charge < -0.3 is 10.6 Å². The number of hydrogen-bond acceptors (Lipinski definition) is 4. The van der Waals surface area contributed by atoms with Crippen molar-refractivity contribution in [2.75, 3.05) is 19.6 Å². The third-order valence-corrected chi connectivity index (χ3v) is 6.63. The first-order chi connectivity index (χ1) is 12.2. The lowest BCUT2D eigenvalue weighted by Gasteiger charge is -2.23. The average molecular weight is 446 g/mol. The van der Waals surface area contributed by atoms with Crippen molar-refractivity contribution in [3.63, 3.8) is 0 Å². The second-order valence-corrected chi connectivity index (χ2v) is 9.27. The first-order valence-corrected chi connectivity index (χ1v) is 10.8. The number of hydrogen-bond donors (Lipinski definition) is 2. The minimum atomic E-state index is -3.72. The molecule has 0 saturated carbocycles. The lowest BCUT2D eigenvalue weighted by molar-refractivity contribution is -0.125. The van der Waals surface area contributed by atoms with Gasteiger partial charge in [0.05, 0.1) is 4.90 Å². The van der Waals surface area contributed by atoms with Crippen molar-refractivity contribution in [3.8, 4) is 0 Å². The van der Waals surface area contributed by atoms with Crippen LogP contribution in [0.1, 0.15) is 26.7 Å². The number of sulfonamides is 1. The van der Waals surface area contributed by atoms with Gasteiger partial charge >= 0.3 is 0 Å². The summed E-state index contributed by atoms with van der Waals surface area (Å²) in [5.74, 6) is -0.534. The highest BCUT2D eigenvalue weighted by Gasteiger charge is 2.39. The van der Waals surface area contributed by atoms with E-state index in [1.54, 1.807) is 26.0 Å². The summed E-state index contributed by atoms with van der Waals surface area (Å²) in [6.07, 6.45) is 1.12. The van der Waals surface area contributed by atoms with Gasteiger partial charge in [-0.05, 0) is 37.1 Å². The zero-order valence-corrected chi connectivity index (χ0v) is 17.3. The van der Waals surface area contributed by atoms with Crippen molar-refractivity contribution in [2.45, 2.75) is 37.6 Å². The van der Waals surface area contributed by atoms with Crippen LogP contribution >= 0.6 is 15.9 Å². The molecule has 7 nitrogen and oxygen atoms in total. The third-order valence-electron chi connectivity index (χ3n) is 4.17. The van der Waals surface area contributed by atoms with Crippen LogP contribution in [-0.2, 0) is 19.6 Å². The topological polar surface area (TPSA) is 95.6 Å². The van der Waals surface area contributed by atoms with Gasteiger partial charge in [-0.15, -0.1) is 0 Å². The number of nitrogens with zero attached hydrogens (tertiary/aromatic N) is 1. The summed E-state index contributed by atoms with van der Waals surface area (Å²) in [6, 6.07) is 5.65. The van der Waals surface area contributed by atoms with Gasteiger partial charge in [-0.2, -0.15) is 4.31 Å². The van der Waals surface area contributed by atoms with E-state index in [9.17, 15) is 18.0 Å². The maximum absolute atomic E-state index is 12.8. The normalized spacial score (nSPS) is 18.1. The van der Waals surface area contributed by atoms with Crippen LogP contribution in [0.15, 0.2) is 33.6 Å². The highest BCUT2D eigenvalue weighted by Crippen LogP contribution is 2.27. The molecule has 1 aromatic carbocycles. The summed E-state index contributed by atoms with van der Waals surface area (Å²) in [5, 5.41) is 5.42. The Morgan fingerprint density at radius 1 is 1.19 bits per heavy atom. The zero-order valence-electron chi connectivity index (χ0n) is 14.9. The summed E-state index contributed by atoms with van der Waals surface area (Å²) in [6.45, 7) is 4.48. The Bertz CT molecular complexity index is 750. The van der Waals surface area contributed by atoms with E-state index in [0.29, 0.717) is 25.9 Å². The molecule has 0 unspecified atom stereocenters. The average Bonchev–Trinajstić information content (AvgIpc) is 3.09. The van der Waals surface area contributed by atoms with E-state index in [0.717, 1.165) is 4.47 Å². The van der Waals surface area contributed by atoms with Crippen molar-refractivity contribution >= 4 is 37.8 Å². The summed E-state index contributed by atoms with van der Waals surface area (Å²) in [5.41, 5.74) is 0. The molecule has 0 radical (unpaired) electrons. The minimum Gasteiger partial charge on any atom is -0.354 e. The molecule has 0 aromatic heterocycles. The predicted octanol–water partition coefficient (Wildman–Crippen LogP) is 1.49. The minimum absolute atomic E-state index is 0.0837. The summed E-state index contributed by atoms with van der Waals surface area (Å²) in [7, 11) is -3.72. The van der Waals surface area contributed by atoms with Crippen LogP contribution in [0.25, 0.3) is 0 Å². The third kappa shape index (κ3) is 5.05. The number of benzene rings is 1. The number of nitrogens with one attached hydrogen (secondary N) is 2. The summed E-state index contributed by atoms with van der Waals surface area (Å²) < 4.78 is 27.7. The summed E-state index contributed by atoms with van der Waals surface area (Å²) >= 11 is 3.28. The molecule has 1 atom stereocenters. The van der Waals surface area contributed by atoms with Crippen LogP contribution in [0.4, 0.5) is 0 Å². The molecule has 2 amide bonds. The van der Waals surface area contributed by atoms with Crippen LogP contribution in [0, 0.1) is 5.92 Å². The molecule has 1 saturated heterocycles. The SMILES string of the molecule is CC(C)C(=O)NCCNC(=O)[C@H]1CCCN1S(=O)(=O)c1ccc(Br)cc1. The van der Waals surface area contributed by atoms with E-state index in [1.807, 2.05) is 0 Å². The van der Waals surface area contributed by atoms with Gasteiger partial charge in [-0.1, -0.05) is 29.8 Å². The van der Waals surface area contributed by atoms with Crippen LogP contribution in [0.2, 0.25) is 0 Å². The molecule has 9 heteroatoms. The lowest BCUT2D eigenvalue weighted by Crippen LogP contribution is -2.47. The van der Waals surface area contributed by atoms with Gasteiger partial charge in [0, 0.05) is 30.0 Å². The Morgan fingerprint density at radius 2 is 1.81 bits per heavy atom. The lowest BCUT2D eigenvalue weighted by atomic mass is 10.2. The van der Waals surface area contributed by atoms with Crippen LogP contribution < -0.4 is 10.6 Å². The number of carbonyl (C=O) groups excluding carboxylic acids is 2. The van der Waals surface area contributed by atoms with E-state index in [-0.39, 0.29) is 29.2 Å². The fourth-order valence-electron chi connectivity index (χ4n) is 2.73. The molecule has 1 fully saturated rings. The molecule has 144 valence electrons. The quantitative estimate of drug-likeness (QED) is 0.621. The first kappa shape index (κ1) is 20.9. The molecule has 26 heavy (non-hydrogen) atoms. The molecule has 0 aliphatic carbocycles. The molecule has 0 spiro atoms. The number of amides is 2. The van der Waals surface area contributed by atoms with Crippen LogP contribution in [0.5, 0.6) is 0 Å². The Kier molecular flexibility index (Phi) is 7.19. The fourth-order valence-corrected chi connectivity index (χ4v) is 4.65.